The van der Waals surface area contributed by atoms with E-state index in [1.54, 1.807) is 24.1 Å². The van der Waals surface area contributed by atoms with Crippen molar-refractivity contribution in [3.8, 4) is 5.69 Å². The number of aliphatic hydroxyl groups excluding tert-OH is 1. The number of hydrogen-bond acceptors (Lipinski definition) is 4. The molecular formula is C18H24N4O3. The summed E-state index contributed by atoms with van der Waals surface area (Å²) in [5, 5.41) is 16.9. The van der Waals surface area contributed by atoms with Gasteiger partial charge in [-0.15, -0.1) is 0 Å². The van der Waals surface area contributed by atoms with Crippen molar-refractivity contribution in [3.05, 3.63) is 46.6 Å². The first-order valence-corrected chi connectivity index (χ1v) is 8.72. The van der Waals surface area contributed by atoms with Gasteiger partial charge in [-0.05, 0) is 31.2 Å². The summed E-state index contributed by atoms with van der Waals surface area (Å²) in [6.07, 6.45) is 9.45. The summed E-state index contributed by atoms with van der Waals surface area (Å²) in [7, 11) is 1.77. The van der Waals surface area contributed by atoms with E-state index in [1.807, 2.05) is 0 Å². The molecule has 1 aliphatic rings. The minimum absolute atomic E-state index is 0.213. The minimum Gasteiger partial charge on any atom is -0.393 e. The number of hydrogen-bond donors (Lipinski definition) is 2. The Balaban J connectivity index is 1.63. The van der Waals surface area contributed by atoms with Gasteiger partial charge >= 0.3 is 0 Å². The summed E-state index contributed by atoms with van der Waals surface area (Å²) < 4.78 is 3.01. The van der Waals surface area contributed by atoms with E-state index in [0.717, 1.165) is 32.1 Å². The van der Waals surface area contributed by atoms with E-state index in [-0.39, 0.29) is 23.5 Å². The highest BCUT2D eigenvalue weighted by Crippen LogP contribution is 2.26. The van der Waals surface area contributed by atoms with E-state index in [9.17, 15) is 14.7 Å². The summed E-state index contributed by atoms with van der Waals surface area (Å²) in [6, 6.07) is 2.91. The maximum absolute atomic E-state index is 12.4. The Bertz CT molecular complexity index is 796. The van der Waals surface area contributed by atoms with Gasteiger partial charge in [0, 0.05) is 32.1 Å². The minimum atomic E-state index is -0.252. The molecule has 134 valence electrons. The topological polar surface area (TPSA) is 89.1 Å². The molecule has 0 aromatic carbocycles. The van der Waals surface area contributed by atoms with Crippen molar-refractivity contribution in [1.82, 2.24) is 19.7 Å². The van der Waals surface area contributed by atoms with Gasteiger partial charge in [-0.2, -0.15) is 5.10 Å². The van der Waals surface area contributed by atoms with E-state index in [2.05, 4.69) is 10.4 Å². The van der Waals surface area contributed by atoms with Crippen LogP contribution in [0.15, 0.2) is 35.5 Å². The van der Waals surface area contributed by atoms with Gasteiger partial charge in [0.1, 0.15) is 0 Å². The van der Waals surface area contributed by atoms with Crippen LogP contribution in [0.1, 0.15) is 42.5 Å². The van der Waals surface area contributed by atoms with E-state index in [1.165, 1.54) is 22.9 Å². The average Bonchev–Trinajstić information content (AvgIpc) is 3.03. The van der Waals surface area contributed by atoms with Gasteiger partial charge in [0.2, 0.25) is 0 Å². The van der Waals surface area contributed by atoms with Gasteiger partial charge in [-0.1, -0.05) is 12.8 Å². The van der Waals surface area contributed by atoms with Crippen molar-refractivity contribution in [2.45, 2.75) is 38.2 Å². The monoisotopic (exact) mass is 344 g/mol. The fourth-order valence-electron chi connectivity index (χ4n) is 3.35. The van der Waals surface area contributed by atoms with Gasteiger partial charge in [0.05, 0.1) is 23.6 Å². The molecule has 0 unspecified atom stereocenters. The Morgan fingerprint density at radius 1 is 1.32 bits per heavy atom. The van der Waals surface area contributed by atoms with Gasteiger partial charge in [0.25, 0.3) is 11.5 Å². The maximum atomic E-state index is 12.4. The number of aryl methyl sites for hydroxylation is 1. The molecule has 0 spiro atoms. The second-order valence-corrected chi connectivity index (χ2v) is 6.65. The van der Waals surface area contributed by atoms with Crippen LogP contribution >= 0.6 is 0 Å². The normalized spacial score (nSPS) is 20.4. The third kappa shape index (κ3) is 4.17. The number of aromatic nitrogens is 3. The molecule has 1 amide bonds. The van der Waals surface area contributed by atoms with Crippen LogP contribution in [-0.4, -0.2) is 38.0 Å². The third-order valence-electron chi connectivity index (χ3n) is 4.81. The van der Waals surface area contributed by atoms with Crippen LogP contribution in [0.3, 0.4) is 0 Å². The van der Waals surface area contributed by atoms with Crippen molar-refractivity contribution in [3.63, 3.8) is 0 Å². The Hall–Kier alpha value is -2.41. The second-order valence-electron chi connectivity index (χ2n) is 6.65. The Kier molecular flexibility index (Phi) is 5.33. The molecular weight excluding hydrogens is 320 g/mol. The highest BCUT2D eigenvalue weighted by molar-refractivity contribution is 5.93. The second kappa shape index (κ2) is 7.65. The zero-order chi connectivity index (χ0) is 17.8. The molecule has 0 saturated heterocycles. The van der Waals surface area contributed by atoms with Crippen molar-refractivity contribution in [1.29, 1.82) is 0 Å². The Morgan fingerprint density at radius 3 is 2.84 bits per heavy atom. The standard InChI is InChI=1S/C18H24N4O3/c1-21-12-15(10-20-21)22-11-14(6-7-17(22)24)18(25)19-9-8-13-4-2-3-5-16(13)23/h6-7,10-13,16,23H,2-5,8-9H2,1H3,(H,19,25)/t13-,16-/m0/s1. The predicted octanol–water partition coefficient (Wildman–Crippen LogP) is 1.24. The smallest absolute Gasteiger partial charge is 0.255 e. The molecule has 0 bridgehead atoms. The third-order valence-corrected chi connectivity index (χ3v) is 4.81. The summed E-state index contributed by atoms with van der Waals surface area (Å²) in [6.45, 7) is 0.520. The lowest BCUT2D eigenvalue weighted by atomic mass is 9.84. The molecule has 1 aliphatic carbocycles. The molecule has 2 aromatic heterocycles. The SMILES string of the molecule is Cn1cc(-n2cc(C(=O)NCC[C@@H]3CCCC[C@@H]3O)ccc2=O)cn1. The molecule has 2 N–H and O–H groups in total. The molecule has 1 saturated carbocycles. The van der Waals surface area contributed by atoms with Crippen molar-refractivity contribution < 1.29 is 9.90 Å². The average molecular weight is 344 g/mol. The summed E-state index contributed by atoms with van der Waals surface area (Å²) >= 11 is 0. The van der Waals surface area contributed by atoms with Crippen LogP contribution < -0.4 is 10.9 Å². The van der Waals surface area contributed by atoms with Gasteiger partial charge in [-0.3, -0.25) is 18.8 Å². The van der Waals surface area contributed by atoms with Gasteiger partial charge < -0.3 is 10.4 Å². The van der Waals surface area contributed by atoms with Crippen molar-refractivity contribution in [2.75, 3.05) is 6.54 Å². The number of amides is 1. The van der Waals surface area contributed by atoms with Crippen LogP contribution in [0.2, 0.25) is 0 Å². The highest BCUT2D eigenvalue weighted by Gasteiger charge is 2.22. The lowest BCUT2D eigenvalue weighted by molar-refractivity contribution is 0.0643. The van der Waals surface area contributed by atoms with E-state index < -0.39 is 0 Å². The van der Waals surface area contributed by atoms with Crippen molar-refractivity contribution >= 4 is 5.91 Å². The first-order valence-electron chi connectivity index (χ1n) is 8.72. The number of nitrogens with zero attached hydrogens (tertiary/aromatic N) is 3. The fraction of sp³-hybridized carbons (Fsp3) is 0.500. The number of carbonyl (C=O) groups excluding carboxylic acids is 1. The highest BCUT2D eigenvalue weighted by atomic mass is 16.3. The van der Waals surface area contributed by atoms with E-state index in [0.29, 0.717) is 17.8 Å². The first kappa shape index (κ1) is 17.4. The molecule has 2 atom stereocenters. The van der Waals surface area contributed by atoms with E-state index >= 15 is 0 Å². The van der Waals surface area contributed by atoms with Crippen LogP contribution in [0.5, 0.6) is 0 Å². The fourth-order valence-corrected chi connectivity index (χ4v) is 3.35. The summed E-state index contributed by atoms with van der Waals surface area (Å²) in [5.41, 5.74) is 0.829. The van der Waals surface area contributed by atoms with E-state index in [4.69, 9.17) is 0 Å². The number of pyridine rings is 1. The molecule has 7 heteroatoms. The number of carbonyl (C=O) groups is 1. The molecule has 0 radical (unpaired) electrons. The van der Waals surface area contributed by atoms with Crippen LogP contribution in [0, 0.1) is 5.92 Å². The van der Waals surface area contributed by atoms with Crippen molar-refractivity contribution in [2.24, 2.45) is 13.0 Å². The number of aliphatic hydroxyl groups is 1. The molecule has 2 heterocycles. The Labute approximate surface area is 146 Å². The summed E-state index contributed by atoms with van der Waals surface area (Å²) in [4.78, 5) is 24.4. The zero-order valence-electron chi connectivity index (χ0n) is 14.4. The van der Waals surface area contributed by atoms with Crippen LogP contribution in [0.25, 0.3) is 5.69 Å². The lowest BCUT2D eigenvalue weighted by Gasteiger charge is -2.27. The lowest BCUT2D eigenvalue weighted by Crippen LogP contribution is -2.31. The largest absolute Gasteiger partial charge is 0.393 e. The Morgan fingerprint density at radius 2 is 2.12 bits per heavy atom. The number of nitrogens with one attached hydrogen (secondary N) is 1. The van der Waals surface area contributed by atoms with Gasteiger partial charge in [-0.25, -0.2) is 0 Å². The molecule has 2 aromatic rings. The summed E-state index contributed by atoms with van der Waals surface area (Å²) in [5.74, 6) is 0.0429. The predicted molar refractivity (Wildman–Crippen MR) is 93.7 cm³/mol. The maximum Gasteiger partial charge on any atom is 0.255 e. The number of rotatable bonds is 5. The quantitative estimate of drug-likeness (QED) is 0.854. The van der Waals surface area contributed by atoms with Gasteiger partial charge in [0.15, 0.2) is 0 Å². The first-order chi connectivity index (χ1) is 12.0. The van der Waals surface area contributed by atoms with Crippen LogP contribution in [0.4, 0.5) is 0 Å². The molecule has 1 fully saturated rings. The zero-order valence-corrected chi connectivity index (χ0v) is 14.4. The molecule has 25 heavy (non-hydrogen) atoms. The molecule has 7 nitrogen and oxygen atoms in total. The van der Waals surface area contributed by atoms with Crippen LogP contribution in [-0.2, 0) is 7.05 Å². The molecule has 0 aliphatic heterocycles. The molecule has 3 rings (SSSR count).